The summed E-state index contributed by atoms with van der Waals surface area (Å²) in [7, 11) is 1.78. The van der Waals surface area contributed by atoms with Crippen LogP contribution in [0.4, 0.5) is 0 Å². The van der Waals surface area contributed by atoms with Gasteiger partial charge < -0.3 is 4.74 Å². The predicted octanol–water partition coefficient (Wildman–Crippen LogP) is 4.33. The highest BCUT2D eigenvalue weighted by atomic mass is 32.2. The van der Waals surface area contributed by atoms with Gasteiger partial charge in [0.25, 0.3) is 0 Å². The predicted molar refractivity (Wildman–Crippen MR) is 105 cm³/mol. The highest BCUT2D eigenvalue weighted by Crippen LogP contribution is 2.36. The Morgan fingerprint density at radius 3 is 2.72 bits per heavy atom. The lowest BCUT2D eigenvalue weighted by molar-refractivity contribution is -0.124. The highest BCUT2D eigenvalue weighted by Gasteiger charge is 2.34. The summed E-state index contributed by atoms with van der Waals surface area (Å²) in [5.41, 5.74) is 1.34. The normalized spacial score (nSPS) is 23.6. The Bertz CT molecular complexity index is 530. The Labute approximate surface area is 156 Å². The number of carbonyl (C=O) groups excluding carboxylic acids is 1. The van der Waals surface area contributed by atoms with Crippen molar-refractivity contribution in [3.63, 3.8) is 0 Å². The van der Waals surface area contributed by atoms with Gasteiger partial charge in [0.05, 0.1) is 12.0 Å². The molecule has 0 amide bonds. The second-order valence-electron chi connectivity index (χ2n) is 7.32. The zero-order valence-corrected chi connectivity index (χ0v) is 16.2. The lowest BCUT2D eigenvalue weighted by Gasteiger charge is -2.31. The molecule has 2 fully saturated rings. The zero-order valence-electron chi connectivity index (χ0n) is 15.4. The fraction of sp³-hybridized carbons (Fsp3) is 0.667. The molecule has 1 aromatic carbocycles. The van der Waals surface area contributed by atoms with Gasteiger partial charge in [-0.1, -0.05) is 49.6 Å². The van der Waals surface area contributed by atoms with E-state index in [0.717, 1.165) is 44.7 Å². The number of Topliss-reactive ketones (excluding diaryl/α,β-unsaturated/α-hetero) is 1. The first-order valence-electron chi connectivity index (χ1n) is 9.72. The Balaban J connectivity index is 1.59. The quantitative estimate of drug-likeness (QED) is 0.689. The van der Waals surface area contributed by atoms with Crippen molar-refractivity contribution in [3.8, 4) is 0 Å². The third-order valence-corrected chi connectivity index (χ3v) is 7.04. The van der Waals surface area contributed by atoms with E-state index in [4.69, 9.17) is 4.74 Å². The molecule has 2 atom stereocenters. The van der Waals surface area contributed by atoms with Crippen LogP contribution in [-0.2, 0) is 9.53 Å². The van der Waals surface area contributed by atoms with E-state index in [2.05, 4.69) is 35.2 Å². The third kappa shape index (κ3) is 5.08. The van der Waals surface area contributed by atoms with Crippen molar-refractivity contribution in [2.75, 3.05) is 32.6 Å². The Morgan fingerprint density at radius 2 is 2.00 bits per heavy atom. The molecule has 1 aromatic rings. The average Bonchev–Trinajstić information content (AvgIpc) is 3.14. The van der Waals surface area contributed by atoms with Crippen molar-refractivity contribution in [3.05, 3.63) is 35.9 Å². The van der Waals surface area contributed by atoms with Crippen molar-refractivity contribution < 1.29 is 9.53 Å². The Kier molecular flexibility index (Phi) is 7.38. The van der Waals surface area contributed by atoms with Gasteiger partial charge in [0.2, 0.25) is 0 Å². The van der Waals surface area contributed by atoms with E-state index in [9.17, 15) is 4.79 Å². The zero-order chi connectivity index (χ0) is 17.5. The van der Waals surface area contributed by atoms with Crippen molar-refractivity contribution in [2.45, 2.75) is 49.8 Å². The number of rotatable bonds is 8. The van der Waals surface area contributed by atoms with Gasteiger partial charge in [0.1, 0.15) is 5.78 Å². The van der Waals surface area contributed by atoms with Gasteiger partial charge in [0, 0.05) is 44.2 Å². The molecule has 1 saturated heterocycles. The van der Waals surface area contributed by atoms with Crippen LogP contribution >= 0.6 is 11.8 Å². The molecule has 3 nitrogen and oxygen atoms in total. The average molecular weight is 362 g/mol. The molecule has 0 N–H and O–H groups in total. The summed E-state index contributed by atoms with van der Waals surface area (Å²) in [6, 6.07) is 10.7. The summed E-state index contributed by atoms with van der Waals surface area (Å²) >= 11 is 2.02. The van der Waals surface area contributed by atoms with E-state index >= 15 is 0 Å². The first-order valence-corrected chi connectivity index (χ1v) is 10.8. The molecule has 1 aliphatic carbocycles. The summed E-state index contributed by atoms with van der Waals surface area (Å²) in [5.74, 6) is 2.35. The Morgan fingerprint density at radius 1 is 1.24 bits per heavy atom. The highest BCUT2D eigenvalue weighted by molar-refractivity contribution is 8.00. The van der Waals surface area contributed by atoms with Crippen molar-refractivity contribution in [1.82, 2.24) is 4.90 Å². The number of hydrogen-bond acceptors (Lipinski definition) is 4. The molecule has 138 valence electrons. The minimum Gasteiger partial charge on any atom is -0.384 e. The van der Waals surface area contributed by atoms with Crippen LogP contribution in [0.25, 0.3) is 0 Å². The molecule has 0 spiro atoms. The van der Waals surface area contributed by atoms with Gasteiger partial charge in [-0.05, 0) is 18.4 Å². The van der Waals surface area contributed by atoms with Gasteiger partial charge in [-0.15, -0.1) is 11.8 Å². The topological polar surface area (TPSA) is 29.5 Å². The van der Waals surface area contributed by atoms with Crippen LogP contribution in [0, 0.1) is 5.92 Å². The van der Waals surface area contributed by atoms with E-state index in [1.165, 1.54) is 24.8 Å². The van der Waals surface area contributed by atoms with E-state index < -0.39 is 0 Å². The van der Waals surface area contributed by atoms with Crippen LogP contribution in [0.3, 0.4) is 0 Å². The first kappa shape index (κ1) is 18.9. The summed E-state index contributed by atoms with van der Waals surface area (Å²) in [6.07, 6.45) is 6.74. The van der Waals surface area contributed by atoms with Crippen LogP contribution in [-0.4, -0.2) is 48.6 Å². The molecule has 0 radical (unpaired) electrons. The minimum absolute atomic E-state index is 0.339. The maximum absolute atomic E-state index is 12.6. The number of benzene rings is 1. The number of hydrogen-bond donors (Lipinski definition) is 0. The molecule has 2 aliphatic rings. The SMILES string of the molecule is COCC(c1ccccc1)C1SCCN1CCC(=O)C1CCCCC1. The molecule has 1 aliphatic heterocycles. The minimum atomic E-state index is 0.339. The number of nitrogens with zero attached hydrogens (tertiary/aromatic N) is 1. The van der Waals surface area contributed by atoms with Gasteiger partial charge >= 0.3 is 0 Å². The second-order valence-corrected chi connectivity index (χ2v) is 8.55. The molecular weight excluding hydrogens is 330 g/mol. The lowest BCUT2D eigenvalue weighted by atomic mass is 9.85. The maximum Gasteiger partial charge on any atom is 0.137 e. The third-order valence-electron chi connectivity index (χ3n) is 5.65. The largest absolute Gasteiger partial charge is 0.384 e. The number of ketones is 1. The fourth-order valence-electron chi connectivity index (χ4n) is 4.24. The van der Waals surface area contributed by atoms with Crippen LogP contribution in [0.1, 0.15) is 50.0 Å². The summed E-state index contributed by atoms with van der Waals surface area (Å²) in [4.78, 5) is 15.1. The number of ether oxygens (including phenoxy) is 1. The molecule has 0 bridgehead atoms. The standard InChI is InChI=1S/C21H31NO2S/c1-24-16-19(17-8-4-2-5-9-17)21-22(14-15-25-21)13-12-20(23)18-10-6-3-7-11-18/h2,4-5,8-9,18-19,21H,3,6-7,10-16H2,1H3. The molecule has 1 heterocycles. The molecule has 1 saturated carbocycles. The number of methoxy groups -OCH3 is 1. The molecule has 3 rings (SSSR count). The molecule has 2 unspecified atom stereocenters. The van der Waals surface area contributed by atoms with Crippen molar-refractivity contribution >= 4 is 17.5 Å². The summed E-state index contributed by atoms with van der Waals surface area (Å²) < 4.78 is 5.53. The van der Waals surface area contributed by atoms with Gasteiger partial charge in [-0.25, -0.2) is 0 Å². The van der Waals surface area contributed by atoms with Crippen molar-refractivity contribution in [2.24, 2.45) is 5.92 Å². The number of carbonyl (C=O) groups is 1. The molecule has 25 heavy (non-hydrogen) atoms. The van der Waals surface area contributed by atoms with E-state index in [1.807, 2.05) is 11.8 Å². The van der Waals surface area contributed by atoms with Crippen LogP contribution in [0.5, 0.6) is 0 Å². The molecule has 4 heteroatoms. The van der Waals surface area contributed by atoms with Crippen LogP contribution < -0.4 is 0 Å². The summed E-state index contributed by atoms with van der Waals surface area (Å²) in [6.45, 7) is 2.72. The van der Waals surface area contributed by atoms with Gasteiger partial charge in [-0.2, -0.15) is 0 Å². The van der Waals surface area contributed by atoms with E-state index in [0.29, 0.717) is 23.0 Å². The van der Waals surface area contributed by atoms with Gasteiger partial charge in [0.15, 0.2) is 0 Å². The monoisotopic (exact) mass is 361 g/mol. The van der Waals surface area contributed by atoms with Crippen LogP contribution in [0.2, 0.25) is 0 Å². The smallest absolute Gasteiger partial charge is 0.137 e. The molecular formula is C21H31NO2S. The van der Waals surface area contributed by atoms with E-state index in [1.54, 1.807) is 7.11 Å². The number of thioether (sulfide) groups is 1. The first-order chi connectivity index (χ1) is 12.3. The van der Waals surface area contributed by atoms with Crippen molar-refractivity contribution in [1.29, 1.82) is 0 Å². The molecule has 0 aromatic heterocycles. The summed E-state index contributed by atoms with van der Waals surface area (Å²) in [5, 5.41) is 0.418. The maximum atomic E-state index is 12.6. The lowest BCUT2D eigenvalue weighted by Crippen LogP contribution is -2.37. The fourth-order valence-corrected chi connectivity index (χ4v) is 5.71. The van der Waals surface area contributed by atoms with E-state index in [-0.39, 0.29) is 0 Å². The van der Waals surface area contributed by atoms with Gasteiger partial charge in [-0.3, -0.25) is 9.69 Å². The second kappa shape index (κ2) is 9.75. The Hall–Kier alpha value is -0.840. The van der Waals surface area contributed by atoms with Crippen LogP contribution in [0.15, 0.2) is 30.3 Å².